The van der Waals surface area contributed by atoms with E-state index < -0.39 is 0 Å². The number of anilines is 1. The van der Waals surface area contributed by atoms with Gasteiger partial charge in [-0.05, 0) is 47.6 Å². The molecule has 0 spiro atoms. The summed E-state index contributed by atoms with van der Waals surface area (Å²) in [5.74, 6) is 0.188. The van der Waals surface area contributed by atoms with E-state index in [1.54, 1.807) is 12.1 Å². The SMILES string of the molecule is CC(C)(C)c1ccc2c(c1)C1OCCCC1[C@@H](c1ccc(F)cc1)N2. The molecule has 132 valence electrons. The number of halogens is 1. The Hall–Kier alpha value is -1.87. The topological polar surface area (TPSA) is 21.3 Å². The minimum atomic E-state index is -0.189. The van der Waals surface area contributed by atoms with Crippen molar-refractivity contribution in [1.29, 1.82) is 0 Å². The summed E-state index contributed by atoms with van der Waals surface area (Å²) >= 11 is 0. The quantitative estimate of drug-likeness (QED) is 0.713. The van der Waals surface area contributed by atoms with Crippen LogP contribution in [0.2, 0.25) is 0 Å². The first-order valence-electron chi connectivity index (χ1n) is 9.21. The molecular formula is C22H26FNO. The number of ether oxygens (including phenoxy) is 1. The van der Waals surface area contributed by atoms with Crippen molar-refractivity contribution in [1.82, 2.24) is 0 Å². The molecule has 3 atom stereocenters. The molecule has 4 rings (SSSR count). The van der Waals surface area contributed by atoms with Crippen molar-refractivity contribution in [2.75, 3.05) is 11.9 Å². The van der Waals surface area contributed by atoms with Gasteiger partial charge in [0.1, 0.15) is 5.82 Å². The summed E-state index contributed by atoms with van der Waals surface area (Å²) in [4.78, 5) is 0. The minimum absolute atomic E-state index is 0.113. The number of hydrogen-bond donors (Lipinski definition) is 1. The molecule has 2 aliphatic rings. The van der Waals surface area contributed by atoms with Crippen LogP contribution in [0.25, 0.3) is 0 Å². The first kappa shape index (κ1) is 16.6. The Bertz CT molecular complexity index is 763. The van der Waals surface area contributed by atoms with Crippen molar-refractivity contribution in [3.63, 3.8) is 0 Å². The van der Waals surface area contributed by atoms with Crippen LogP contribution in [0.5, 0.6) is 0 Å². The molecule has 25 heavy (non-hydrogen) atoms. The number of hydrogen-bond acceptors (Lipinski definition) is 2. The van der Waals surface area contributed by atoms with E-state index in [2.05, 4.69) is 44.3 Å². The van der Waals surface area contributed by atoms with Gasteiger partial charge in [-0.1, -0.05) is 45.0 Å². The Balaban J connectivity index is 1.76. The van der Waals surface area contributed by atoms with E-state index in [0.717, 1.165) is 30.7 Å². The normalized spacial score (nSPS) is 25.7. The van der Waals surface area contributed by atoms with Gasteiger partial charge in [0, 0.05) is 23.8 Å². The molecule has 0 aliphatic carbocycles. The second-order valence-corrected chi connectivity index (χ2v) is 8.32. The van der Waals surface area contributed by atoms with Crippen LogP contribution in [0.3, 0.4) is 0 Å². The Morgan fingerprint density at radius 1 is 1.08 bits per heavy atom. The second kappa shape index (κ2) is 6.14. The minimum Gasteiger partial charge on any atom is -0.378 e. The van der Waals surface area contributed by atoms with Gasteiger partial charge in [0.05, 0.1) is 12.1 Å². The Kier molecular flexibility index (Phi) is 4.07. The number of rotatable bonds is 1. The summed E-state index contributed by atoms with van der Waals surface area (Å²) in [6.45, 7) is 7.54. The second-order valence-electron chi connectivity index (χ2n) is 8.32. The lowest BCUT2D eigenvalue weighted by molar-refractivity contribution is -0.0382. The van der Waals surface area contributed by atoms with Gasteiger partial charge in [0.25, 0.3) is 0 Å². The van der Waals surface area contributed by atoms with Crippen LogP contribution in [0.4, 0.5) is 10.1 Å². The molecule has 0 saturated carbocycles. The molecule has 0 aromatic heterocycles. The highest BCUT2D eigenvalue weighted by atomic mass is 19.1. The maximum atomic E-state index is 13.3. The highest BCUT2D eigenvalue weighted by molar-refractivity contribution is 5.59. The molecule has 0 radical (unpaired) electrons. The van der Waals surface area contributed by atoms with Gasteiger partial charge in [-0.2, -0.15) is 0 Å². The average Bonchev–Trinajstić information content (AvgIpc) is 2.60. The van der Waals surface area contributed by atoms with E-state index in [1.807, 2.05) is 12.1 Å². The maximum absolute atomic E-state index is 13.3. The van der Waals surface area contributed by atoms with Crippen molar-refractivity contribution >= 4 is 5.69 Å². The van der Waals surface area contributed by atoms with Gasteiger partial charge in [0.2, 0.25) is 0 Å². The Morgan fingerprint density at radius 2 is 1.84 bits per heavy atom. The largest absolute Gasteiger partial charge is 0.378 e. The summed E-state index contributed by atoms with van der Waals surface area (Å²) in [5, 5.41) is 3.71. The molecule has 2 aromatic carbocycles. The van der Waals surface area contributed by atoms with E-state index in [0.29, 0.717) is 5.92 Å². The van der Waals surface area contributed by atoms with Crippen LogP contribution in [0.1, 0.15) is 62.4 Å². The van der Waals surface area contributed by atoms with Crippen LogP contribution in [-0.2, 0) is 10.2 Å². The molecule has 2 aliphatic heterocycles. The fourth-order valence-electron chi connectivity index (χ4n) is 4.14. The molecule has 0 amide bonds. The molecule has 2 unspecified atom stereocenters. The Morgan fingerprint density at radius 3 is 2.56 bits per heavy atom. The Labute approximate surface area is 149 Å². The predicted octanol–water partition coefficient (Wildman–Crippen LogP) is 5.76. The number of nitrogens with one attached hydrogen (secondary N) is 1. The molecule has 1 N–H and O–H groups in total. The zero-order chi connectivity index (χ0) is 17.6. The molecule has 2 aromatic rings. The summed E-state index contributed by atoms with van der Waals surface area (Å²) in [6, 6.07) is 13.8. The van der Waals surface area contributed by atoms with Crippen molar-refractivity contribution < 1.29 is 9.13 Å². The third-order valence-electron chi connectivity index (χ3n) is 5.56. The fraction of sp³-hybridized carbons (Fsp3) is 0.455. The van der Waals surface area contributed by atoms with Crippen molar-refractivity contribution in [2.24, 2.45) is 5.92 Å². The van der Waals surface area contributed by atoms with Crippen molar-refractivity contribution in [3.8, 4) is 0 Å². The maximum Gasteiger partial charge on any atom is 0.123 e. The number of fused-ring (bicyclic) bond motifs is 3. The van der Waals surface area contributed by atoms with Gasteiger partial charge in [-0.25, -0.2) is 4.39 Å². The van der Waals surface area contributed by atoms with Crippen LogP contribution in [0, 0.1) is 11.7 Å². The van der Waals surface area contributed by atoms with E-state index in [4.69, 9.17) is 4.74 Å². The summed E-state index contributed by atoms with van der Waals surface area (Å²) in [6.07, 6.45) is 2.32. The number of benzene rings is 2. The summed E-state index contributed by atoms with van der Waals surface area (Å²) < 4.78 is 19.6. The van der Waals surface area contributed by atoms with Crippen LogP contribution >= 0.6 is 0 Å². The van der Waals surface area contributed by atoms with E-state index in [9.17, 15) is 4.39 Å². The lowest BCUT2D eigenvalue weighted by Crippen LogP contribution is -2.36. The first-order chi connectivity index (χ1) is 11.9. The van der Waals surface area contributed by atoms with Crippen molar-refractivity contribution in [2.45, 2.75) is 51.2 Å². The van der Waals surface area contributed by atoms with E-state index in [1.165, 1.54) is 11.1 Å². The van der Waals surface area contributed by atoms with Crippen LogP contribution < -0.4 is 5.32 Å². The molecule has 3 heteroatoms. The summed E-state index contributed by atoms with van der Waals surface area (Å²) in [5.41, 5.74) is 5.00. The first-order valence-corrected chi connectivity index (χ1v) is 9.21. The third-order valence-corrected chi connectivity index (χ3v) is 5.56. The molecule has 1 saturated heterocycles. The lowest BCUT2D eigenvalue weighted by atomic mass is 9.76. The molecule has 2 nitrogen and oxygen atoms in total. The smallest absolute Gasteiger partial charge is 0.123 e. The zero-order valence-corrected chi connectivity index (χ0v) is 15.2. The standard InChI is InChI=1S/C22H26FNO/c1-22(2,3)15-8-11-19-18(13-15)21-17(5-4-12-25-21)20(24-19)14-6-9-16(23)10-7-14/h6-11,13,17,20-21,24H,4-5,12H2,1-3H3/t17?,20-,21?/m1/s1. The monoisotopic (exact) mass is 339 g/mol. The van der Waals surface area contributed by atoms with Crippen LogP contribution in [0.15, 0.2) is 42.5 Å². The van der Waals surface area contributed by atoms with Gasteiger partial charge >= 0.3 is 0 Å². The molecule has 2 heterocycles. The molecule has 1 fully saturated rings. The summed E-state index contributed by atoms with van der Waals surface area (Å²) in [7, 11) is 0. The third kappa shape index (κ3) is 3.06. The molecular weight excluding hydrogens is 313 g/mol. The van der Waals surface area contributed by atoms with Gasteiger partial charge in [-0.15, -0.1) is 0 Å². The zero-order valence-electron chi connectivity index (χ0n) is 15.2. The van der Waals surface area contributed by atoms with Crippen LogP contribution in [-0.4, -0.2) is 6.61 Å². The average molecular weight is 339 g/mol. The van der Waals surface area contributed by atoms with E-state index >= 15 is 0 Å². The van der Waals surface area contributed by atoms with E-state index in [-0.39, 0.29) is 23.4 Å². The van der Waals surface area contributed by atoms with Gasteiger partial charge < -0.3 is 10.1 Å². The molecule has 0 bridgehead atoms. The highest BCUT2D eigenvalue weighted by Gasteiger charge is 2.40. The van der Waals surface area contributed by atoms with Crippen molar-refractivity contribution in [3.05, 3.63) is 65.0 Å². The predicted molar refractivity (Wildman–Crippen MR) is 99.3 cm³/mol. The van der Waals surface area contributed by atoms with Gasteiger partial charge in [-0.3, -0.25) is 0 Å². The highest BCUT2D eigenvalue weighted by Crippen LogP contribution is 2.49. The van der Waals surface area contributed by atoms with Gasteiger partial charge in [0.15, 0.2) is 0 Å². The lowest BCUT2D eigenvalue weighted by Gasteiger charge is -2.44. The fourth-order valence-corrected chi connectivity index (χ4v) is 4.14.